The van der Waals surface area contributed by atoms with Crippen LogP contribution in [0.25, 0.3) is 11.1 Å². The molecule has 2 aliphatic rings. The molecule has 0 radical (unpaired) electrons. The smallest absolute Gasteiger partial charge is 0.307 e. The summed E-state index contributed by atoms with van der Waals surface area (Å²) in [6.45, 7) is 2.38. The van der Waals surface area contributed by atoms with Gasteiger partial charge in [-0.3, -0.25) is 9.59 Å². The molecule has 7 heteroatoms. The van der Waals surface area contributed by atoms with E-state index in [-0.39, 0.29) is 12.0 Å². The molecule has 2 fully saturated rings. The molecule has 2 atom stereocenters. The topological polar surface area (TPSA) is 94.1 Å². The van der Waals surface area contributed by atoms with Crippen LogP contribution in [0.4, 0.5) is 5.69 Å². The zero-order valence-electron chi connectivity index (χ0n) is 20.8. The monoisotopic (exact) mass is 481 g/mol. The van der Waals surface area contributed by atoms with E-state index in [1.807, 2.05) is 37.3 Å². The Kier molecular flexibility index (Phi) is 7.96. The van der Waals surface area contributed by atoms with Crippen molar-refractivity contribution in [2.45, 2.75) is 64.6 Å². The molecule has 188 valence electrons. The summed E-state index contributed by atoms with van der Waals surface area (Å²) in [5, 5.41) is 12.4. The fraction of sp³-hybridized carbons (Fsp3) is 0.500. The molecule has 0 heterocycles. The highest BCUT2D eigenvalue weighted by atomic mass is 16.5. The molecular weight excluding hydrogens is 446 g/mol. The van der Waals surface area contributed by atoms with Crippen molar-refractivity contribution in [3.05, 3.63) is 41.5 Å². The second-order valence-electron chi connectivity index (χ2n) is 9.57. The van der Waals surface area contributed by atoms with Gasteiger partial charge in [0.1, 0.15) is 11.5 Å². The van der Waals surface area contributed by atoms with E-state index in [4.69, 9.17) is 14.2 Å². The molecular formula is C28H35NO6. The molecule has 0 saturated heterocycles. The SMILES string of the molecule is COc1cc(-c2ccc(NC(=O)[C@H]3CCC[C@@H]3C(=O)O)cc2COC2CCCC2)cc(OC)c1C. The summed E-state index contributed by atoms with van der Waals surface area (Å²) >= 11 is 0. The highest BCUT2D eigenvalue weighted by Gasteiger charge is 2.37. The van der Waals surface area contributed by atoms with Crippen LogP contribution in [-0.2, 0) is 20.9 Å². The van der Waals surface area contributed by atoms with Gasteiger partial charge in [-0.1, -0.05) is 25.3 Å². The van der Waals surface area contributed by atoms with Gasteiger partial charge in [0, 0.05) is 11.3 Å². The van der Waals surface area contributed by atoms with Crippen LogP contribution >= 0.6 is 0 Å². The molecule has 4 rings (SSSR count). The minimum Gasteiger partial charge on any atom is -0.496 e. The number of carbonyl (C=O) groups is 2. The minimum absolute atomic E-state index is 0.232. The summed E-state index contributed by atoms with van der Waals surface area (Å²) in [6.07, 6.45) is 6.65. The number of amides is 1. The lowest BCUT2D eigenvalue weighted by Gasteiger charge is -2.19. The van der Waals surface area contributed by atoms with E-state index in [0.717, 1.165) is 53.0 Å². The van der Waals surface area contributed by atoms with Crippen LogP contribution in [0.2, 0.25) is 0 Å². The van der Waals surface area contributed by atoms with Gasteiger partial charge in [0.15, 0.2) is 0 Å². The first kappa shape index (κ1) is 25.0. The van der Waals surface area contributed by atoms with Crippen LogP contribution in [0.1, 0.15) is 56.1 Å². The second kappa shape index (κ2) is 11.1. The van der Waals surface area contributed by atoms with Gasteiger partial charge in [0.05, 0.1) is 38.8 Å². The number of carboxylic acid groups (broad SMARTS) is 1. The number of hydrogen-bond acceptors (Lipinski definition) is 5. The van der Waals surface area contributed by atoms with Crippen LogP contribution < -0.4 is 14.8 Å². The van der Waals surface area contributed by atoms with Crippen LogP contribution in [0.5, 0.6) is 11.5 Å². The van der Waals surface area contributed by atoms with E-state index in [2.05, 4.69) is 5.32 Å². The van der Waals surface area contributed by atoms with E-state index >= 15 is 0 Å². The average molecular weight is 482 g/mol. The molecule has 2 aromatic rings. The van der Waals surface area contributed by atoms with Crippen molar-refractivity contribution in [3.8, 4) is 22.6 Å². The maximum Gasteiger partial charge on any atom is 0.307 e. The summed E-state index contributed by atoms with van der Waals surface area (Å²) in [5.74, 6) is -0.779. The number of nitrogens with one attached hydrogen (secondary N) is 1. The molecule has 0 aliphatic heterocycles. The summed E-state index contributed by atoms with van der Waals surface area (Å²) in [6, 6.07) is 9.73. The molecule has 1 amide bonds. The van der Waals surface area contributed by atoms with Crippen molar-refractivity contribution in [1.29, 1.82) is 0 Å². The summed E-state index contributed by atoms with van der Waals surface area (Å²) in [4.78, 5) is 24.5. The van der Waals surface area contributed by atoms with Crippen LogP contribution in [0.3, 0.4) is 0 Å². The van der Waals surface area contributed by atoms with E-state index in [1.54, 1.807) is 14.2 Å². The lowest BCUT2D eigenvalue weighted by Crippen LogP contribution is -2.30. The second-order valence-corrected chi connectivity index (χ2v) is 9.57. The van der Waals surface area contributed by atoms with Crippen molar-refractivity contribution in [2.24, 2.45) is 11.8 Å². The maximum absolute atomic E-state index is 12.9. The first-order chi connectivity index (χ1) is 16.9. The number of methoxy groups -OCH3 is 2. The molecule has 0 unspecified atom stereocenters. The Hall–Kier alpha value is -3.06. The standard InChI is InChI=1S/C28H35NO6/c1-17-25(33-2)14-18(15-26(17)34-3)22-12-11-20(13-19(22)16-35-21-7-4-5-8-21)29-27(30)23-9-6-10-24(23)28(31)32/h11-15,21,23-24H,4-10,16H2,1-3H3,(H,29,30)(H,31,32)/t23-,24-/m0/s1. The number of benzene rings is 2. The van der Waals surface area contributed by atoms with Gasteiger partial charge in [-0.2, -0.15) is 0 Å². The Morgan fingerprint density at radius 1 is 0.943 bits per heavy atom. The molecule has 2 aromatic carbocycles. The van der Waals surface area contributed by atoms with Crippen molar-refractivity contribution in [2.75, 3.05) is 19.5 Å². The van der Waals surface area contributed by atoms with E-state index in [9.17, 15) is 14.7 Å². The first-order valence-corrected chi connectivity index (χ1v) is 12.4. The molecule has 0 spiro atoms. The predicted octanol–water partition coefficient (Wildman–Crippen LogP) is 5.58. The number of carboxylic acids is 1. The lowest BCUT2D eigenvalue weighted by molar-refractivity contribution is -0.145. The highest BCUT2D eigenvalue weighted by molar-refractivity contribution is 5.95. The third-order valence-electron chi connectivity index (χ3n) is 7.38. The summed E-state index contributed by atoms with van der Waals surface area (Å²) < 4.78 is 17.4. The van der Waals surface area contributed by atoms with Crippen molar-refractivity contribution >= 4 is 17.6 Å². The molecule has 2 N–H and O–H groups in total. The number of ether oxygens (including phenoxy) is 3. The third kappa shape index (κ3) is 5.61. The Balaban J connectivity index is 1.64. The van der Waals surface area contributed by atoms with Crippen molar-refractivity contribution < 1.29 is 28.9 Å². The maximum atomic E-state index is 12.9. The third-order valence-corrected chi connectivity index (χ3v) is 7.38. The van der Waals surface area contributed by atoms with Crippen molar-refractivity contribution in [3.63, 3.8) is 0 Å². The normalized spacial score (nSPS) is 20.1. The van der Waals surface area contributed by atoms with Gasteiger partial charge < -0.3 is 24.6 Å². The number of aliphatic carboxylic acids is 1. The van der Waals surface area contributed by atoms with Gasteiger partial charge in [0.2, 0.25) is 5.91 Å². The largest absolute Gasteiger partial charge is 0.496 e. The highest BCUT2D eigenvalue weighted by Crippen LogP contribution is 2.38. The minimum atomic E-state index is -0.897. The van der Waals surface area contributed by atoms with Gasteiger partial charge in [-0.05, 0) is 73.6 Å². The lowest BCUT2D eigenvalue weighted by atomic mass is 9.94. The van der Waals surface area contributed by atoms with E-state index in [1.165, 1.54) is 12.8 Å². The van der Waals surface area contributed by atoms with Crippen LogP contribution in [-0.4, -0.2) is 37.3 Å². The van der Waals surface area contributed by atoms with Crippen LogP contribution in [0.15, 0.2) is 30.3 Å². The average Bonchev–Trinajstić information content (AvgIpc) is 3.55. The van der Waals surface area contributed by atoms with Crippen molar-refractivity contribution in [1.82, 2.24) is 0 Å². The number of carbonyl (C=O) groups excluding carboxylic acids is 1. The molecule has 0 bridgehead atoms. The van der Waals surface area contributed by atoms with E-state index < -0.39 is 17.8 Å². The van der Waals surface area contributed by atoms with Gasteiger partial charge in [-0.15, -0.1) is 0 Å². The summed E-state index contributed by atoms with van der Waals surface area (Å²) in [5.41, 5.74) is 4.43. The van der Waals surface area contributed by atoms with Gasteiger partial charge >= 0.3 is 5.97 Å². The zero-order valence-corrected chi connectivity index (χ0v) is 20.8. The molecule has 0 aromatic heterocycles. The molecule has 35 heavy (non-hydrogen) atoms. The zero-order chi connectivity index (χ0) is 24.9. The van der Waals surface area contributed by atoms with Crippen LogP contribution in [0, 0.1) is 18.8 Å². The van der Waals surface area contributed by atoms with Gasteiger partial charge in [-0.25, -0.2) is 0 Å². The fourth-order valence-corrected chi connectivity index (χ4v) is 5.38. The first-order valence-electron chi connectivity index (χ1n) is 12.4. The number of rotatable bonds is 9. The molecule has 2 saturated carbocycles. The summed E-state index contributed by atoms with van der Waals surface area (Å²) in [7, 11) is 3.28. The fourth-order valence-electron chi connectivity index (χ4n) is 5.38. The molecule has 2 aliphatic carbocycles. The Bertz CT molecular complexity index is 1050. The number of hydrogen-bond donors (Lipinski definition) is 2. The number of anilines is 1. The quantitative estimate of drug-likeness (QED) is 0.486. The Morgan fingerprint density at radius 3 is 2.23 bits per heavy atom. The molecule has 7 nitrogen and oxygen atoms in total. The van der Waals surface area contributed by atoms with E-state index in [0.29, 0.717) is 25.1 Å². The Labute approximate surface area is 206 Å². The Morgan fingerprint density at radius 2 is 1.60 bits per heavy atom. The predicted molar refractivity (Wildman–Crippen MR) is 134 cm³/mol. The van der Waals surface area contributed by atoms with Gasteiger partial charge in [0.25, 0.3) is 0 Å².